The van der Waals surface area contributed by atoms with E-state index >= 15 is 0 Å². The number of ether oxygens (including phenoxy) is 4. The zero-order valence-corrected chi connectivity index (χ0v) is 15.4. The molecule has 3 aliphatic rings. The predicted octanol–water partition coefficient (Wildman–Crippen LogP) is 3.56. The van der Waals surface area contributed by atoms with Crippen LogP contribution in [0, 0.1) is 0 Å². The zero-order chi connectivity index (χ0) is 18.9. The van der Waals surface area contributed by atoms with Gasteiger partial charge >= 0.3 is 0 Å². The van der Waals surface area contributed by atoms with Crippen LogP contribution in [0.1, 0.15) is 30.0 Å². The minimum atomic E-state index is 0.00931. The van der Waals surface area contributed by atoms with Gasteiger partial charge in [-0.2, -0.15) is 0 Å². The van der Waals surface area contributed by atoms with Crippen LogP contribution in [0.5, 0.6) is 23.0 Å². The molecule has 0 aliphatic carbocycles. The Hall–Kier alpha value is -3.15. The summed E-state index contributed by atoms with van der Waals surface area (Å²) in [6.45, 7) is 2.13. The lowest BCUT2D eigenvalue weighted by Gasteiger charge is -2.26. The number of benzene rings is 2. The molecule has 1 fully saturated rings. The van der Waals surface area contributed by atoms with Gasteiger partial charge in [-0.1, -0.05) is 12.1 Å². The van der Waals surface area contributed by atoms with Gasteiger partial charge in [-0.25, -0.2) is 0 Å². The highest BCUT2D eigenvalue weighted by molar-refractivity contribution is 5.92. The van der Waals surface area contributed by atoms with Crippen LogP contribution in [0.3, 0.4) is 0 Å². The van der Waals surface area contributed by atoms with E-state index in [4.69, 9.17) is 18.9 Å². The summed E-state index contributed by atoms with van der Waals surface area (Å²) < 4.78 is 22.0. The Bertz CT molecular complexity index is 939. The van der Waals surface area contributed by atoms with Gasteiger partial charge in [-0.15, -0.1) is 0 Å². The second-order valence-corrected chi connectivity index (χ2v) is 7.04. The molecule has 1 amide bonds. The second kappa shape index (κ2) is 7.11. The van der Waals surface area contributed by atoms with Crippen LogP contribution in [0.2, 0.25) is 0 Å². The van der Waals surface area contributed by atoms with E-state index in [0.717, 1.165) is 47.8 Å². The molecular formula is C22H21NO5. The fourth-order valence-corrected chi connectivity index (χ4v) is 3.92. The maximum atomic E-state index is 12.9. The van der Waals surface area contributed by atoms with Crippen molar-refractivity contribution in [3.8, 4) is 23.0 Å². The molecule has 0 bridgehead atoms. The van der Waals surface area contributed by atoms with E-state index < -0.39 is 0 Å². The standard InChI is InChI=1S/C22H21NO5/c24-22(8-4-15-3-6-19-20(12-15)28-14-27-19)23-9-1-2-17(23)16-5-7-18-21(13-16)26-11-10-25-18/h3-8,12-13,17H,1-2,9-11,14H2. The number of carbonyl (C=O) groups excluding carboxylic acids is 1. The molecule has 144 valence electrons. The molecular weight excluding hydrogens is 358 g/mol. The summed E-state index contributed by atoms with van der Waals surface area (Å²) in [6, 6.07) is 11.7. The average Bonchev–Trinajstić information content (AvgIpc) is 3.40. The molecule has 0 spiro atoms. The molecule has 6 nitrogen and oxygen atoms in total. The van der Waals surface area contributed by atoms with Crippen molar-refractivity contribution in [1.29, 1.82) is 0 Å². The van der Waals surface area contributed by atoms with E-state index in [9.17, 15) is 4.79 Å². The minimum absolute atomic E-state index is 0.00931. The summed E-state index contributed by atoms with van der Waals surface area (Å²) in [6.07, 6.45) is 5.39. The summed E-state index contributed by atoms with van der Waals surface area (Å²) in [5, 5.41) is 0. The summed E-state index contributed by atoms with van der Waals surface area (Å²) in [7, 11) is 0. The van der Waals surface area contributed by atoms with E-state index in [1.807, 2.05) is 47.4 Å². The molecule has 1 atom stereocenters. The van der Waals surface area contributed by atoms with Crippen molar-refractivity contribution >= 4 is 12.0 Å². The van der Waals surface area contributed by atoms with Crippen molar-refractivity contribution < 1.29 is 23.7 Å². The monoisotopic (exact) mass is 379 g/mol. The van der Waals surface area contributed by atoms with Gasteiger partial charge in [0.25, 0.3) is 0 Å². The van der Waals surface area contributed by atoms with Crippen LogP contribution in [-0.4, -0.2) is 37.4 Å². The fourth-order valence-electron chi connectivity index (χ4n) is 3.92. The van der Waals surface area contributed by atoms with Gasteiger partial charge in [0.1, 0.15) is 13.2 Å². The molecule has 0 N–H and O–H groups in total. The van der Waals surface area contributed by atoms with Gasteiger partial charge in [0, 0.05) is 12.6 Å². The molecule has 1 unspecified atom stereocenters. The predicted molar refractivity (Wildman–Crippen MR) is 103 cm³/mol. The number of carbonyl (C=O) groups is 1. The highest BCUT2D eigenvalue weighted by Gasteiger charge is 2.29. The fraction of sp³-hybridized carbons (Fsp3) is 0.318. The third-order valence-corrected chi connectivity index (χ3v) is 5.30. The highest BCUT2D eigenvalue weighted by Crippen LogP contribution is 2.38. The lowest BCUT2D eigenvalue weighted by Crippen LogP contribution is -2.29. The van der Waals surface area contributed by atoms with Gasteiger partial charge in [0.05, 0.1) is 6.04 Å². The molecule has 1 saturated heterocycles. The Labute approximate surface area is 163 Å². The topological polar surface area (TPSA) is 57.2 Å². The van der Waals surface area contributed by atoms with Gasteiger partial charge in [0.15, 0.2) is 23.0 Å². The van der Waals surface area contributed by atoms with Crippen molar-refractivity contribution in [1.82, 2.24) is 4.90 Å². The first kappa shape index (κ1) is 17.0. The molecule has 28 heavy (non-hydrogen) atoms. The Morgan fingerprint density at radius 3 is 2.61 bits per heavy atom. The number of hydrogen-bond donors (Lipinski definition) is 0. The van der Waals surface area contributed by atoms with Gasteiger partial charge in [0.2, 0.25) is 12.7 Å². The van der Waals surface area contributed by atoms with Gasteiger partial charge in [-0.3, -0.25) is 4.79 Å². The molecule has 3 aliphatic heterocycles. The number of amides is 1. The van der Waals surface area contributed by atoms with Crippen LogP contribution in [0.4, 0.5) is 0 Å². The first-order valence-corrected chi connectivity index (χ1v) is 9.56. The molecule has 2 aromatic rings. The van der Waals surface area contributed by atoms with Crippen LogP contribution in [0.15, 0.2) is 42.5 Å². The van der Waals surface area contributed by atoms with E-state index in [-0.39, 0.29) is 18.7 Å². The summed E-state index contributed by atoms with van der Waals surface area (Å²) in [5.41, 5.74) is 2.00. The number of hydrogen-bond acceptors (Lipinski definition) is 5. The highest BCUT2D eigenvalue weighted by atomic mass is 16.7. The molecule has 0 radical (unpaired) electrons. The van der Waals surface area contributed by atoms with Crippen molar-refractivity contribution in [3.63, 3.8) is 0 Å². The van der Waals surface area contributed by atoms with Crippen molar-refractivity contribution in [2.75, 3.05) is 26.6 Å². The van der Waals surface area contributed by atoms with E-state index in [2.05, 4.69) is 0 Å². The first-order valence-electron chi connectivity index (χ1n) is 9.56. The third-order valence-electron chi connectivity index (χ3n) is 5.30. The minimum Gasteiger partial charge on any atom is -0.486 e. The van der Waals surface area contributed by atoms with Gasteiger partial charge in [-0.05, 0) is 54.3 Å². The lowest BCUT2D eigenvalue weighted by molar-refractivity contribution is -0.126. The largest absolute Gasteiger partial charge is 0.486 e. The Balaban J connectivity index is 1.33. The van der Waals surface area contributed by atoms with Crippen molar-refractivity contribution in [3.05, 3.63) is 53.6 Å². The summed E-state index contributed by atoms with van der Waals surface area (Å²) >= 11 is 0. The molecule has 0 aromatic heterocycles. The number of nitrogens with zero attached hydrogens (tertiary/aromatic N) is 1. The molecule has 2 aromatic carbocycles. The van der Waals surface area contributed by atoms with E-state index in [1.165, 1.54) is 0 Å². The van der Waals surface area contributed by atoms with Gasteiger partial charge < -0.3 is 23.8 Å². The van der Waals surface area contributed by atoms with Crippen LogP contribution >= 0.6 is 0 Å². The van der Waals surface area contributed by atoms with Crippen molar-refractivity contribution in [2.45, 2.75) is 18.9 Å². The Kier molecular flexibility index (Phi) is 4.31. The summed E-state index contributed by atoms with van der Waals surface area (Å²) in [4.78, 5) is 14.8. The second-order valence-electron chi connectivity index (χ2n) is 7.04. The maximum Gasteiger partial charge on any atom is 0.247 e. The smallest absolute Gasteiger partial charge is 0.247 e. The normalized spacial score (nSPS) is 20.0. The molecule has 5 rings (SSSR count). The zero-order valence-electron chi connectivity index (χ0n) is 15.4. The molecule has 0 saturated carbocycles. The van der Waals surface area contributed by atoms with Crippen LogP contribution in [-0.2, 0) is 4.79 Å². The SMILES string of the molecule is O=C(C=Cc1ccc2c(c1)OCO2)N1CCCC1c1ccc2c(c1)OCCO2. The van der Waals surface area contributed by atoms with Crippen LogP contribution < -0.4 is 18.9 Å². The maximum absolute atomic E-state index is 12.9. The third kappa shape index (κ3) is 3.15. The van der Waals surface area contributed by atoms with Crippen molar-refractivity contribution in [2.24, 2.45) is 0 Å². The van der Waals surface area contributed by atoms with E-state index in [1.54, 1.807) is 6.08 Å². The van der Waals surface area contributed by atoms with E-state index in [0.29, 0.717) is 19.0 Å². The first-order chi connectivity index (χ1) is 13.8. The Morgan fingerprint density at radius 2 is 1.68 bits per heavy atom. The lowest BCUT2D eigenvalue weighted by atomic mass is 10.0. The number of likely N-dealkylation sites (tertiary alicyclic amines) is 1. The summed E-state index contributed by atoms with van der Waals surface area (Å²) in [5.74, 6) is 2.99. The molecule has 3 heterocycles. The quantitative estimate of drug-likeness (QED) is 0.763. The number of fused-ring (bicyclic) bond motifs is 2. The molecule has 6 heteroatoms. The average molecular weight is 379 g/mol. The van der Waals surface area contributed by atoms with Crippen LogP contribution in [0.25, 0.3) is 6.08 Å². The Morgan fingerprint density at radius 1 is 0.929 bits per heavy atom. The number of rotatable bonds is 3.